The predicted molar refractivity (Wildman–Crippen MR) is 134 cm³/mol. The number of aromatic nitrogens is 1. The zero-order chi connectivity index (χ0) is 27.7. The van der Waals surface area contributed by atoms with Crippen LogP contribution in [0.3, 0.4) is 0 Å². The highest BCUT2D eigenvalue weighted by Crippen LogP contribution is 2.28. The molecule has 0 atom stereocenters. The van der Waals surface area contributed by atoms with Gasteiger partial charge in [0.05, 0.1) is 32.1 Å². The second-order valence-electron chi connectivity index (χ2n) is 7.61. The molecule has 3 rings (SSSR count). The molecule has 38 heavy (non-hydrogen) atoms. The normalized spacial score (nSPS) is 11.7. The van der Waals surface area contributed by atoms with Gasteiger partial charge in [0, 0.05) is 24.5 Å². The highest BCUT2D eigenvalue weighted by Gasteiger charge is 2.31. The second-order valence-corrected chi connectivity index (χ2v) is 8.45. The molecule has 204 valence electrons. The molecule has 9 nitrogen and oxygen atoms in total. The number of hydrogen-bond donors (Lipinski definition) is 1. The fourth-order valence-electron chi connectivity index (χ4n) is 3.42. The summed E-state index contributed by atoms with van der Waals surface area (Å²) in [6, 6.07) is 10.1. The van der Waals surface area contributed by atoms with E-state index in [4.69, 9.17) is 14.2 Å². The number of amides is 2. The number of thiazole rings is 1. The third-order valence-electron chi connectivity index (χ3n) is 5.12. The first-order valence-corrected chi connectivity index (χ1v) is 12.3. The van der Waals surface area contributed by atoms with Crippen molar-refractivity contribution in [3.63, 3.8) is 0 Å². The molecule has 1 N–H and O–H groups in total. The van der Waals surface area contributed by atoms with Crippen LogP contribution in [-0.4, -0.2) is 50.3 Å². The van der Waals surface area contributed by atoms with Crippen molar-refractivity contribution in [2.45, 2.75) is 26.3 Å². The molecule has 2 amide bonds. The molecule has 0 radical (unpaired) electrons. The summed E-state index contributed by atoms with van der Waals surface area (Å²) in [4.78, 5) is 29.3. The molecular formula is C25H26F3N3O6S. The van der Waals surface area contributed by atoms with E-state index >= 15 is 0 Å². The average Bonchev–Trinajstić information content (AvgIpc) is 3.27. The Kier molecular flexibility index (Phi) is 9.77. The van der Waals surface area contributed by atoms with E-state index in [-0.39, 0.29) is 17.9 Å². The number of rotatable bonds is 10. The molecule has 13 heteroatoms. The summed E-state index contributed by atoms with van der Waals surface area (Å²) < 4.78 is 58.7. The first-order valence-electron chi connectivity index (χ1n) is 11.4. The minimum atomic E-state index is -4.80. The van der Waals surface area contributed by atoms with E-state index in [1.807, 2.05) is 0 Å². The Bertz CT molecular complexity index is 1320. The quantitative estimate of drug-likeness (QED) is 0.355. The molecule has 1 aromatic heterocycles. The number of carbonyl (C=O) groups is 2. The van der Waals surface area contributed by atoms with Gasteiger partial charge >= 0.3 is 12.5 Å². The van der Waals surface area contributed by atoms with Gasteiger partial charge in [0.15, 0.2) is 4.80 Å². The maximum atomic E-state index is 13.1. The molecule has 3 aromatic rings. The molecule has 0 unspecified atom stereocenters. The maximum Gasteiger partial charge on any atom is 0.573 e. The lowest BCUT2D eigenvalue weighted by molar-refractivity contribution is -0.274. The van der Waals surface area contributed by atoms with Gasteiger partial charge in [0.25, 0.3) is 5.91 Å². The van der Waals surface area contributed by atoms with Crippen LogP contribution in [-0.2, 0) is 11.3 Å². The third-order valence-corrected chi connectivity index (χ3v) is 5.98. The molecule has 0 bridgehead atoms. The molecule has 0 fully saturated rings. The van der Waals surface area contributed by atoms with Crippen LogP contribution in [0.1, 0.15) is 23.7 Å². The van der Waals surface area contributed by atoms with Gasteiger partial charge in [-0.2, -0.15) is 4.99 Å². The van der Waals surface area contributed by atoms with E-state index in [2.05, 4.69) is 15.0 Å². The van der Waals surface area contributed by atoms with E-state index in [0.717, 1.165) is 0 Å². The first-order chi connectivity index (χ1) is 18.1. The Morgan fingerprint density at radius 1 is 1.05 bits per heavy atom. The molecule has 2 aromatic carbocycles. The fraction of sp³-hybridized carbons (Fsp3) is 0.320. The van der Waals surface area contributed by atoms with E-state index in [0.29, 0.717) is 47.1 Å². The van der Waals surface area contributed by atoms with Crippen molar-refractivity contribution in [2.75, 3.05) is 27.4 Å². The van der Waals surface area contributed by atoms with Crippen LogP contribution in [0.2, 0.25) is 0 Å². The van der Waals surface area contributed by atoms with Gasteiger partial charge in [0.2, 0.25) is 0 Å². The summed E-state index contributed by atoms with van der Waals surface area (Å²) in [5.41, 5.74) is 1.44. The monoisotopic (exact) mass is 553 g/mol. The largest absolute Gasteiger partial charge is 0.573 e. The first kappa shape index (κ1) is 28.6. The Morgan fingerprint density at radius 3 is 2.39 bits per heavy atom. The van der Waals surface area contributed by atoms with E-state index < -0.39 is 18.4 Å². The Hall–Kier alpha value is -4.00. The van der Waals surface area contributed by atoms with Crippen molar-refractivity contribution in [1.29, 1.82) is 0 Å². The van der Waals surface area contributed by atoms with Crippen molar-refractivity contribution < 1.29 is 41.7 Å². The summed E-state index contributed by atoms with van der Waals surface area (Å²) in [6.45, 7) is 2.57. The second kappa shape index (κ2) is 13.0. The van der Waals surface area contributed by atoms with Crippen LogP contribution in [0.5, 0.6) is 17.2 Å². The molecule has 0 aliphatic carbocycles. The van der Waals surface area contributed by atoms with E-state index in [9.17, 15) is 22.8 Å². The molecule has 0 spiro atoms. The Labute approximate surface area is 220 Å². The van der Waals surface area contributed by atoms with Gasteiger partial charge in [-0.15, -0.1) is 24.5 Å². The smallest absolute Gasteiger partial charge is 0.497 e. The molecule has 0 saturated heterocycles. The van der Waals surface area contributed by atoms with Gasteiger partial charge < -0.3 is 28.8 Å². The van der Waals surface area contributed by atoms with Crippen molar-refractivity contribution in [1.82, 2.24) is 9.88 Å². The Morgan fingerprint density at radius 2 is 1.76 bits per heavy atom. The van der Waals surface area contributed by atoms with Gasteiger partial charge in [-0.1, -0.05) is 0 Å². The molecular weight excluding hydrogens is 527 g/mol. The molecule has 0 aliphatic heterocycles. The average molecular weight is 554 g/mol. The summed E-state index contributed by atoms with van der Waals surface area (Å²) in [5.74, 6) is -0.0992. The van der Waals surface area contributed by atoms with Gasteiger partial charge in [-0.25, -0.2) is 4.79 Å². The van der Waals surface area contributed by atoms with Gasteiger partial charge in [-0.3, -0.25) is 4.79 Å². The standard InChI is InChI=1S/C25H26F3N3O6S/c1-4-36-24(33)29-12-5-13-31-20(16-6-8-17(9-7-16)37-25(26,27)28)15-38-23(31)30-22(32)19-11-10-18(34-2)14-21(19)35-3/h6-11,14-15H,4-5,12-13H2,1-3H3,(H,29,33). The third kappa shape index (κ3) is 7.75. The highest BCUT2D eigenvalue weighted by atomic mass is 32.1. The van der Waals surface area contributed by atoms with Crippen LogP contribution in [0, 0.1) is 0 Å². The number of hydrogen-bond acceptors (Lipinski definition) is 7. The summed E-state index contributed by atoms with van der Waals surface area (Å²) >= 11 is 1.19. The number of carbonyl (C=O) groups excluding carboxylic acids is 2. The zero-order valence-corrected chi connectivity index (χ0v) is 21.6. The highest BCUT2D eigenvalue weighted by molar-refractivity contribution is 7.07. The summed E-state index contributed by atoms with van der Waals surface area (Å²) in [7, 11) is 2.92. The van der Waals surface area contributed by atoms with Crippen molar-refractivity contribution in [3.05, 3.63) is 58.2 Å². The lowest BCUT2D eigenvalue weighted by Crippen LogP contribution is -2.27. The molecule has 0 saturated carbocycles. The number of alkyl halides is 3. The summed E-state index contributed by atoms with van der Waals surface area (Å²) in [5, 5.41) is 4.37. The minimum Gasteiger partial charge on any atom is -0.497 e. The molecule has 1 heterocycles. The zero-order valence-electron chi connectivity index (χ0n) is 20.8. The van der Waals surface area contributed by atoms with Crippen LogP contribution in [0.15, 0.2) is 52.8 Å². The number of nitrogens with one attached hydrogen (secondary N) is 1. The lowest BCUT2D eigenvalue weighted by Gasteiger charge is -2.12. The number of alkyl carbamates (subject to hydrolysis) is 1. The van der Waals surface area contributed by atoms with E-state index in [1.165, 1.54) is 49.8 Å². The fourth-order valence-corrected chi connectivity index (χ4v) is 4.36. The number of ether oxygens (including phenoxy) is 4. The summed E-state index contributed by atoms with van der Waals surface area (Å²) in [6.07, 6.45) is -4.88. The maximum absolute atomic E-state index is 13.1. The van der Waals surface area contributed by atoms with Gasteiger partial charge in [-0.05, 0) is 55.3 Å². The number of methoxy groups -OCH3 is 2. The van der Waals surface area contributed by atoms with E-state index in [1.54, 1.807) is 35.1 Å². The number of benzene rings is 2. The van der Waals surface area contributed by atoms with Crippen LogP contribution in [0.4, 0.5) is 18.0 Å². The number of halogens is 3. The van der Waals surface area contributed by atoms with Crippen LogP contribution in [0.25, 0.3) is 11.3 Å². The van der Waals surface area contributed by atoms with Crippen LogP contribution >= 0.6 is 11.3 Å². The SMILES string of the molecule is CCOC(=O)NCCCn1c(-c2ccc(OC(F)(F)F)cc2)csc1=NC(=O)c1ccc(OC)cc1OC. The number of nitrogens with zero attached hydrogens (tertiary/aromatic N) is 2. The predicted octanol–water partition coefficient (Wildman–Crippen LogP) is 5.01. The lowest BCUT2D eigenvalue weighted by atomic mass is 10.1. The topological polar surface area (TPSA) is 100 Å². The van der Waals surface area contributed by atoms with Crippen molar-refractivity contribution in [3.8, 4) is 28.5 Å². The molecule has 0 aliphatic rings. The van der Waals surface area contributed by atoms with Crippen molar-refractivity contribution in [2.24, 2.45) is 4.99 Å². The minimum absolute atomic E-state index is 0.229. The Balaban J connectivity index is 1.94. The van der Waals surface area contributed by atoms with Gasteiger partial charge in [0.1, 0.15) is 17.2 Å². The van der Waals surface area contributed by atoms with Crippen LogP contribution < -0.4 is 24.3 Å². The van der Waals surface area contributed by atoms with Crippen molar-refractivity contribution >= 4 is 23.3 Å².